The van der Waals surface area contributed by atoms with Crippen LogP contribution < -0.4 is 10.6 Å². The molecule has 0 bridgehead atoms. The molecule has 29 heavy (non-hydrogen) atoms. The fraction of sp³-hybridized carbons (Fsp3) is 0.421. The van der Waals surface area contributed by atoms with Gasteiger partial charge in [-0.3, -0.25) is 0 Å². The van der Waals surface area contributed by atoms with Crippen LogP contribution in [0.5, 0.6) is 0 Å². The van der Waals surface area contributed by atoms with Crippen LogP contribution in [0.15, 0.2) is 52.1 Å². The van der Waals surface area contributed by atoms with Gasteiger partial charge in [0.1, 0.15) is 5.76 Å². The number of aliphatic imine (C=N–C) groups is 1. The molecule has 0 saturated carbocycles. The Morgan fingerprint density at radius 3 is 2.72 bits per heavy atom. The molecule has 2 N–H and O–H groups in total. The van der Waals surface area contributed by atoms with Crippen LogP contribution in [0.1, 0.15) is 23.3 Å². The third-order valence-electron chi connectivity index (χ3n) is 4.49. The van der Waals surface area contributed by atoms with E-state index in [0.717, 1.165) is 17.9 Å². The van der Waals surface area contributed by atoms with Crippen LogP contribution in [-0.4, -0.2) is 38.5 Å². The summed E-state index contributed by atoms with van der Waals surface area (Å²) >= 11 is 0. The minimum absolute atomic E-state index is 0.00937. The first-order chi connectivity index (χ1) is 13.7. The van der Waals surface area contributed by atoms with Gasteiger partial charge in [0.05, 0.1) is 29.9 Å². The van der Waals surface area contributed by atoms with Crippen molar-refractivity contribution in [2.24, 2.45) is 4.99 Å². The lowest BCUT2D eigenvalue weighted by atomic mass is 10.1. The van der Waals surface area contributed by atoms with Gasteiger partial charge in [-0.1, -0.05) is 12.1 Å². The van der Waals surface area contributed by atoms with Gasteiger partial charge in [0.15, 0.2) is 15.8 Å². The number of nitrogens with zero attached hydrogens (tertiary/aromatic N) is 1. The van der Waals surface area contributed by atoms with Crippen molar-refractivity contribution in [2.45, 2.75) is 31.6 Å². The topological polar surface area (TPSA) is 83.7 Å². The van der Waals surface area contributed by atoms with Gasteiger partial charge in [0.25, 0.3) is 0 Å². The Morgan fingerprint density at radius 1 is 1.24 bits per heavy atom. The maximum Gasteiger partial charge on any atom is 0.416 e. The number of halogens is 3. The average Bonchev–Trinajstić information content (AvgIpc) is 3.28. The van der Waals surface area contributed by atoms with Crippen LogP contribution in [0.25, 0.3) is 0 Å². The zero-order valence-electron chi connectivity index (χ0n) is 15.6. The average molecular weight is 429 g/mol. The second-order valence-electron chi connectivity index (χ2n) is 6.86. The Bertz CT molecular complexity index is 941. The molecule has 1 unspecified atom stereocenters. The smallest absolute Gasteiger partial charge is 0.416 e. The third-order valence-corrected chi connectivity index (χ3v) is 6.26. The van der Waals surface area contributed by atoms with Crippen molar-refractivity contribution >= 4 is 15.8 Å². The molecule has 1 aliphatic rings. The number of benzene rings is 1. The normalized spacial score (nSPS) is 19.3. The summed E-state index contributed by atoms with van der Waals surface area (Å²) in [5, 5.41) is 6.16. The highest BCUT2D eigenvalue weighted by Gasteiger charge is 2.30. The molecule has 0 spiro atoms. The third kappa shape index (κ3) is 6.52. The van der Waals surface area contributed by atoms with Crippen LogP contribution >= 0.6 is 0 Å². The fourth-order valence-electron chi connectivity index (χ4n) is 3.03. The molecular formula is C19H22F3N3O3S. The molecule has 6 nitrogen and oxygen atoms in total. The van der Waals surface area contributed by atoms with Crippen LogP contribution in [-0.2, 0) is 29.0 Å². The Balaban J connectivity index is 1.67. The molecule has 0 amide bonds. The van der Waals surface area contributed by atoms with Gasteiger partial charge in [-0.25, -0.2) is 13.4 Å². The van der Waals surface area contributed by atoms with E-state index in [1.165, 1.54) is 6.07 Å². The standard InChI is InChI=1S/C19H22F3N3O3S/c20-19(21,22)15-4-1-3-14(11-15)12-24-18(23-8-6-17-5-2-9-28-17)25-16-7-10-29(26,27)13-16/h1-5,9,11,16H,6-8,10,12-13H2,(H2,23,24,25). The molecule has 1 aromatic carbocycles. The van der Waals surface area contributed by atoms with E-state index < -0.39 is 21.6 Å². The number of guanidine groups is 1. The predicted molar refractivity (Wildman–Crippen MR) is 103 cm³/mol. The number of sulfone groups is 1. The lowest BCUT2D eigenvalue weighted by molar-refractivity contribution is -0.137. The van der Waals surface area contributed by atoms with E-state index >= 15 is 0 Å². The van der Waals surface area contributed by atoms with Crippen molar-refractivity contribution in [1.29, 1.82) is 0 Å². The number of hydrogen-bond donors (Lipinski definition) is 2. The summed E-state index contributed by atoms with van der Waals surface area (Å²) in [6, 6.07) is 8.31. The molecule has 158 valence electrons. The van der Waals surface area contributed by atoms with Gasteiger partial charge in [-0.05, 0) is 36.2 Å². The summed E-state index contributed by atoms with van der Waals surface area (Å²) in [4.78, 5) is 4.35. The van der Waals surface area contributed by atoms with Crippen molar-refractivity contribution in [1.82, 2.24) is 10.6 Å². The zero-order chi connectivity index (χ0) is 20.9. The SMILES string of the molecule is O=S1(=O)CCC(NC(=NCc2cccc(C(F)(F)F)c2)NCCc2ccco2)C1. The molecule has 2 aromatic rings. The van der Waals surface area contributed by atoms with E-state index in [2.05, 4.69) is 15.6 Å². The van der Waals surface area contributed by atoms with Crippen molar-refractivity contribution in [3.63, 3.8) is 0 Å². The minimum Gasteiger partial charge on any atom is -0.469 e. The van der Waals surface area contributed by atoms with E-state index in [1.807, 2.05) is 6.07 Å². The first-order valence-corrected chi connectivity index (χ1v) is 11.0. The highest BCUT2D eigenvalue weighted by molar-refractivity contribution is 7.91. The van der Waals surface area contributed by atoms with Crippen LogP contribution in [0.4, 0.5) is 13.2 Å². The first kappa shape index (κ1) is 21.2. The van der Waals surface area contributed by atoms with Crippen molar-refractivity contribution < 1.29 is 26.0 Å². The van der Waals surface area contributed by atoms with Gasteiger partial charge < -0.3 is 15.1 Å². The molecule has 1 aromatic heterocycles. The molecule has 2 heterocycles. The fourth-order valence-corrected chi connectivity index (χ4v) is 4.70. The Labute approximate surface area is 167 Å². The molecule has 1 saturated heterocycles. The zero-order valence-corrected chi connectivity index (χ0v) is 16.4. The van der Waals surface area contributed by atoms with E-state index in [0.29, 0.717) is 30.9 Å². The highest BCUT2D eigenvalue weighted by Crippen LogP contribution is 2.29. The number of hydrogen-bond acceptors (Lipinski definition) is 4. The number of furan rings is 1. The van der Waals surface area contributed by atoms with Gasteiger partial charge in [-0.15, -0.1) is 0 Å². The van der Waals surface area contributed by atoms with Crippen LogP contribution in [0.3, 0.4) is 0 Å². The highest BCUT2D eigenvalue weighted by atomic mass is 32.2. The molecule has 1 atom stereocenters. The Kier molecular flexibility index (Phi) is 6.51. The van der Waals surface area contributed by atoms with E-state index in [9.17, 15) is 21.6 Å². The maximum atomic E-state index is 12.9. The maximum absolute atomic E-state index is 12.9. The van der Waals surface area contributed by atoms with Crippen molar-refractivity contribution in [3.8, 4) is 0 Å². The summed E-state index contributed by atoms with van der Waals surface area (Å²) in [5.74, 6) is 1.25. The van der Waals surface area contributed by atoms with Gasteiger partial charge in [-0.2, -0.15) is 13.2 Å². The Hall–Kier alpha value is -2.49. The summed E-state index contributed by atoms with van der Waals surface area (Å²) in [5.41, 5.74) is -0.321. The second-order valence-corrected chi connectivity index (χ2v) is 9.09. The lowest BCUT2D eigenvalue weighted by Gasteiger charge is -2.16. The summed E-state index contributed by atoms with van der Waals surface area (Å²) in [6.07, 6.45) is -1.80. The van der Waals surface area contributed by atoms with Crippen molar-refractivity contribution in [2.75, 3.05) is 18.1 Å². The van der Waals surface area contributed by atoms with E-state index in [1.54, 1.807) is 18.4 Å². The number of nitrogens with one attached hydrogen (secondary N) is 2. The summed E-state index contributed by atoms with van der Waals surface area (Å²) in [7, 11) is -3.07. The van der Waals surface area contributed by atoms with E-state index in [-0.39, 0.29) is 24.1 Å². The molecule has 1 aliphatic heterocycles. The van der Waals surface area contributed by atoms with Crippen molar-refractivity contribution in [3.05, 3.63) is 59.5 Å². The number of alkyl halides is 3. The quantitative estimate of drug-likeness (QED) is 0.545. The number of rotatable bonds is 6. The molecular weight excluding hydrogens is 407 g/mol. The largest absolute Gasteiger partial charge is 0.469 e. The summed E-state index contributed by atoms with van der Waals surface area (Å²) in [6.45, 7) is 0.501. The summed E-state index contributed by atoms with van der Waals surface area (Å²) < 4.78 is 67.3. The second kappa shape index (κ2) is 8.89. The van der Waals surface area contributed by atoms with E-state index in [4.69, 9.17) is 4.42 Å². The molecule has 3 rings (SSSR count). The van der Waals surface area contributed by atoms with Gasteiger partial charge in [0, 0.05) is 19.0 Å². The monoisotopic (exact) mass is 429 g/mol. The molecule has 0 radical (unpaired) electrons. The van der Waals surface area contributed by atoms with Gasteiger partial charge in [0.2, 0.25) is 0 Å². The minimum atomic E-state index is -4.42. The molecule has 0 aliphatic carbocycles. The van der Waals surface area contributed by atoms with Crippen LogP contribution in [0.2, 0.25) is 0 Å². The predicted octanol–water partition coefficient (Wildman–Crippen LogP) is 2.76. The lowest BCUT2D eigenvalue weighted by Crippen LogP contribution is -2.44. The van der Waals surface area contributed by atoms with Crippen LogP contribution in [0, 0.1) is 0 Å². The first-order valence-electron chi connectivity index (χ1n) is 9.15. The molecule has 1 fully saturated rings. The molecule has 10 heteroatoms. The Morgan fingerprint density at radius 2 is 2.07 bits per heavy atom. The van der Waals surface area contributed by atoms with Gasteiger partial charge >= 0.3 is 6.18 Å².